The molecule has 0 saturated carbocycles. The van der Waals surface area contributed by atoms with E-state index in [1.165, 1.54) is 36.2 Å². The lowest BCUT2D eigenvalue weighted by Crippen LogP contribution is -2.33. The van der Waals surface area contributed by atoms with E-state index in [9.17, 15) is 0 Å². The van der Waals surface area contributed by atoms with E-state index in [1.54, 1.807) is 11.1 Å². The number of nitrogens with one attached hydrogen (secondary N) is 1. The average molecular weight is 264 g/mol. The van der Waals surface area contributed by atoms with Crippen molar-refractivity contribution in [3.63, 3.8) is 0 Å². The lowest BCUT2D eigenvalue weighted by atomic mass is 10.1. The van der Waals surface area contributed by atoms with Gasteiger partial charge in [-0.25, -0.2) is 0 Å². The number of nitrogens with zero attached hydrogens (tertiary/aromatic N) is 1. The van der Waals surface area contributed by atoms with Crippen molar-refractivity contribution in [2.75, 3.05) is 23.3 Å². The van der Waals surface area contributed by atoms with Gasteiger partial charge in [-0.2, -0.15) is 0 Å². The molecule has 0 radical (unpaired) electrons. The minimum Gasteiger partial charge on any atom is -0.382 e. The van der Waals surface area contributed by atoms with Crippen LogP contribution in [0.15, 0.2) is 42.5 Å². The molecule has 2 heteroatoms. The Morgan fingerprint density at radius 1 is 1.00 bits per heavy atom. The van der Waals surface area contributed by atoms with E-state index in [4.69, 9.17) is 0 Å². The van der Waals surface area contributed by atoms with Crippen LogP contribution in [-0.4, -0.2) is 13.1 Å². The smallest absolute Gasteiger partial charge is 0.0605 e. The minimum atomic E-state index is 1.02. The van der Waals surface area contributed by atoms with E-state index < -0.39 is 0 Å². The summed E-state index contributed by atoms with van der Waals surface area (Å²) in [7, 11) is 0. The summed E-state index contributed by atoms with van der Waals surface area (Å²) in [5, 5.41) is 3.48. The Bertz CT molecular complexity index is 633. The van der Waals surface area contributed by atoms with Gasteiger partial charge in [0.05, 0.1) is 11.4 Å². The number of rotatable bonds is 2. The fourth-order valence-corrected chi connectivity index (χ4v) is 3.45. The Labute approximate surface area is 120 Å². The Balaban J connectivity index is 1.61. The maximum atomic E-state index is 3.48. The predicted octanol–water partition coefficient (Wildman–Crippen LogP) is 3.61. The van der Waals surface area contributed by atoms with E-state index in [0.717, 1.165) is 19.6 Å². The van der Waals surface area contributed by atoms with Gasteiger partial charge in [0.2, 0.25) is 0 Å². The largest absolute Gasteiger partial charge is 0.382 e. The normalized spacial score (nSPS) is 16.5. The molecule has 0 atom stereocenters. The topological polar surface area (TPSA) is 15.3 Å². The van der Waals surface area contributed by atoms with Crippen molar-refractivity contribution in [3.8, 4) is 0 Å². The van der Waals surface area contributed by atoms with E-state index in [0.29, 0.717) is 0 Å². The average Bonchev–Trinajstić information content (AvgIpc) is 2.95. The van der Waals surface area contributed by atoms with Gasteiger partial charge in [0.1, 0.15) is 0 Å². The number of para-hydroxylation sites is 2. The molecule has 2 nitrogen and oxygen atoms in total. The fraction of sp³-hybridized carbons (Fsp3) is 0.333. The highest BCUT2D eigenvalue weighted by Gasteiger charge is 2.17. The molecule has 1 N–H and O–H groups in total. The molecule has 0 saturated heterocycles. The van der Waals surface area contributed by atoms with E-state index in [2.05, 4.69) is 52.7 Å². The summed E-state index contributed by atoms with van der Waals surface area (Å²) in [4.78, 5) is 2.49. The summed E-state index contributed by atoms with van der Waals surface area (Å²) in [6.07, 6.45) is 3.86. The zero-order valence-corrected chi connectivity index (χ0v) is 11.7. The standard InChI is InChI=1S/C18H20N2/c1-2-7-18-17(6-1)19-10-11-20(18)13-14-8-9-15-4-3-5-16(15)12-14/h1-2,6-9,12,19H,3-5,10-11,13H2. The van der Waals surface area contributed by atoms with Crippen LogP contribution in [-0.2, 0) is 19.4 Å². The Morgan fingerprint density at radius 3 is 2.90 bits per heavy atom. The molecule has 102 valence electrons. The molecule has 0 bridgehead atoms. The molecule has 0 fully saturated rings. The molecule has 1 heterocycles. The number of anilines is 2. The van der Waals surface area contributed by atoms with Crippen molar-refractivity contribution >= 4 is 11.4 Å². The number of hydrogen-bond donors (Lipinski definition) is 1. The van der Waals surface area contributed by atoms with Crippen LogP contribution in [0.4, 0.5) is 11.4 Å². The summed E-state index contributed by atoms with van der Waals surface area (Å²) in [5.41, 5.74) is 7.18. The highest BCUT2D eigenvalue weighted by atomic mass is 15.2. The van der Waals surface area contributed by atoms with Crippen molar-refractivity contribution in [2.45, 2.75) is 25.8 Å². The van der Waals surface area contributed by atoms with Gasteiger partial charge in [0.15, 0.2) is 0 Å². The van der Waals surface area contributed by atoms with Crippen molar-refractivity contribution in [3.05, 3.63) is 59.2 Å². The van der Waals surface area contributed by atoms with Crippen molar-refractivity contribution in [1.29, 1.82) is 0 Å². The maximum Gasteiger partial charge on any atom is 0.0605 e. The van der Waals surface area contributed by atoms with Gasteiger partial charge < -0.3 is 10.2 Å². The fourth-order valence-electron chi connectivity index (χ4n) is 3.45. The van der Waals surface area contributed by atoms with E-state index in [-0.39, 0.29) is 0 Å². The second-order valence-electron chi connectivity index (χ2n) is 5.82. The highest BCUT2D eigenvalue weighted by molar-refractivity contribution is 5.72. The van der Waals surface area contributed by atoms with Crippen molar-refractivity contribution in [1.82, 2.24) is 0 Å². The molecule has 1 aliphatic carbocycles. The molecule has 0 aromatic heterocycles. The SMILES string of the molecule is c1ccc2c(c1)NCCN2Cc1ccc2c(c1)CCC2. The summed E-state index contributed by atoms with van der Waals surface area (Å²) in [6.45, 7) is 3.13. The van der Waals surface area contributed by atoms with Crippen LogP contribution in [0.1, 0.15) is 23.1 Å². The van der Waals surface area contributed by atoms with Gasteiger partial charge in [-0.15, -0.1) is 0 Å². The molecule has 0 unspecified atom stereocenters. The first kappa shape index (κ1) is 11.8. The van der Waals surface area contributed by atoms with Crippen LogP contribution < -0.4 is 10.2 Å². The Kier molecular flexibility index (Phi) is 2.87. The number of hydrogen-bond acceptors (Lipinski definition) is 2. The third-order valence-corrected chi connectivity index (χ3v) is 4.48. The van der Waals surface area contributed by atoms with Gasteiger partial charge in [0, 0.05) is 19.6 Å². The molecule has 2 aromatic carbocycles. The molecular formula is C18H20N2. The number of aryl methyl sites for hydroxylation is 2. The Hall–Kier alpha value is -1.96. The van der Waals surface area contributed by atoms with E-state index in [1.807, 2.05) is 0 Å². The zero-order valence-electron chi connectivity index (χ0n) is 11.7. The van der Waals surface area contributed by atoms with Gasteiger partial charge in [0.25, 0.3) is 0 Å². The molecule has 0 amide bonds. The third-order valence-electron chi connectivity index (χ3n) is 4.48. The second-order valence-corrected chi connectivity index (χ2v) is 5.82. The molecular weight excluding hydrogens is 244 g/mol. The molecule has 2 aromatic rings. The molecule has 0 spiro atoms. The van der Waals surface area contributed by atoms with Gasteiger partial charge in [-0.1, -0.05) is 30.3 Å². The summed E-state index contributed by atoms with van der Waals surface area (Å²) in [6, 6.07) is 15.7. The lowest BCUT2D eigenvalue weighted by Gasteiger charge is -2.32. The second kappa shape index (κ2) is 4.86. The number of fused-ring (bicyclic) bond motifs is 2. The first-order valence-electron chi connectivity index (χ1n) is 7.59. The van der Waals surface area contributed by atoms with Gasteiger partial charge >= 0.3 is 0 Å². The maximum absolute atomic E-state index is 3.48. The summed E-state index contributed by atoms with van der Waals surface area (Å²) < 4.78 is 0. The monoisotopic (exact) mass is 264 g/mol. The van der Waals surface area contributed by atoms with E-state index >= 15 is 0 Å². The van der Waals surface area contributed by atoms with Crippen LogP contribution >= 0.6 is 0 Å². The van der Waals surface area contributed by atoms with Gasteiger partial charge in [-0.3, -0.25) is 0 Å². The van der Waals surface area contributed by atoms with Crippen LogP contribution in [0.2, 0.25) is 0 Å². The van der Waals surface area contributed by atoms with Crippen LogP contribution in [0.25, 0.3) is 0 Å². The van der Waals surface area contributed by atoms with Gasteiger partial charge in [-0.05, 0) is 48.1 Å². The highest BCUT2D eigenvalue weighted by Crippen LogP contribution is 2.30. The van der Waals surface area contributed by atoms with Crippen molar-refractivity contribution in [2.24, 2.45) is 0 Å². The predicted molar refractivity (Wildman–Crippen MR) is 84.4 cm³/mol. The molecule has 20 heavy (non-hydrogen) atoms. The molecule has 2 aliphatic rings. The summed E-state index contributed by atoms with van der Waals surface area (Å²) in [5.74, 6) is 0. The van der Waals surface area contributed by atoms with Crippen molar-refractivity contribution < 1.29 is 0 Å². The molecule has 4 rings (SSSR count). The van der Waals surface area contributed by atoms with Crippen LogP contribution in [0.3, 0.4) is 0 Å². The number of benzene rings is 2. The molecule has 1 aliphatic heterocycles. The van der Waals surface area contributed by atoms with Crippen LogP contribution in [0, 0.1) is 0 Å². The lowest BCUT2D eigenvalue weighted by molar-refractivity contribution is 0.786. The third kappa shape index (κ3) is 2.05. The first-order valence-corrected chi connectivity index (χ1v) is 7.59. The van der Waals surface area contributed by atoms with Crippen LogP contribution in [0.5, 0.6) is 0 Å². The first-order chi connectivity index (χ1) is 9.90. The quantitative estimate of drug-likeness (QED) is 0.891. The zero-order chi connectivity index (χ0) is 13.4. The Morgan fingerprint density at radius 2 is 1.90 bits per heavy atom. The summed E-state index contributed by atoms with van der Waals surface area (Å²) >= 11 is 0. The minimum absolute atomic E-state index is 1.02.